The third kappa shape index (κ3) is 5.40. The van der Waals surface area contributed by atoms with Crippen LogP contribution in [-0.2, 0) is 0 Å². The van der Waals surface area contributed by atoms with Crippen LogP contribution >= 0.6 is 57.4 Å². The Kier molecular flexibility index (Phi) is 7.51. The van der Waals surface area contributed by atoms with E-state index < -0.39 is 10.5 Å². The summed E-state index contributed by atoms with van der Waals surface area (Å²) in [6.07, 6.45) is 0. The third-order valence-corrected chi connectivity index (χ3v) is 3.85. The number of hydrogen-bond donors (Lipinski definition) is 0. The van der Waals surface area contributed by atoms with Crippen LogP contribution < -0.4 is 0 Å². The van der Waals surface area contributed by atoms with Gasteiger partial charge in [0.05, 0.1) is 10.6 Å². The standard InChI is InChI=1S/C7H4Cl2O.C7H4ClIO/c8-6-4-2-1-3-5(6)7(9)10;8-7(10)5-3-1-2-4-6(5)9/h2*1-4H. The summed E-state index contributed by atoms with van der Waals surface area (Å²) in [5, 5.41) is -0.530. The van der Waals surface area contributed by atoms with Gasteiger partial charge in [-0.05, 0) is 70.1 Å². The molecule has 0 unspecified atom stereocenters. The zero-order chi connectivity index (χ0) is 15.1. The van der Waals surface area contributed by atoms with E-state index in [2.05, 4.69) is 22.6 Å². The van der Waals surface area contributed by atoms with Crippen LogP contribution in [0, 0.1) is 3.57 Å². The zero-order valence-corrected chi connectivity index (χ0v) is 14.4. The lowest BCUT2D eigenvalue weighted by Gasteiger charge is -1.94. The molecule has 0 aliphatic carbocycles. The third-order valence-electron chi connectivity index (χ3n) is 2.17. The Morgan fingerprint density at radius 1 is 0.800 bits per heavy atom. The second kappa shape index (κ2) is 8.62. The summed E-state index contributed by atoms with van der Waals surface area (Å²) >= 11 is 18.1. The van der Waals surface area contributed by atoms with E-state index in [1.165, 1.54) is 0 Å². The van der Waals surface area contributed by atoms with Crippen molar-refractivity contribution in [2.75, 3.05) is 0 Å². The fraction of sp³-hybridized carbons (Fsp3) is 0. The first-order valence-electron chi connectivity index (χ1n) is 5.32. The molecule has 0 spiro atoms. The molecular weight excluding hydrogens is 433 g/mol. The van der Waals surface area contributed by atoms with Crippen molar-refractivity contribution >= 4 is 67.9 Å². The Labute approximate surface area is 145 Å². The summed E-state index contributed by atoms with van der Waals surface area (Å²) in [6.45, 7) is 0. The van der Waals surface area contributed by atoms with Gasteiger partial charge in [0, 0.05) is 9.13 Å². The Hall–Kier alpha value is -0.620. The van der Waals surface area contributed by atoms with Gasteiger partial charge in [-0.15, -0.1) is 0 Å². The topological polar surface area (TPSA) is 34.1 Å². The van der Waals surface area contributed by atoms with Gasteiger partial charge < -0.3 is 0 Å². The van der Waals surface area contributed by atoms with Gasteiger partial charge in [0.25, 0.3) is 10.5 Å². The van der Waals surface area contributed by atoms with Crippen molar-refractivity contribution in [1.82, 2.24) is 0 Å². The maximum absolute atomic E-state index is 10.6. The Balaban J connectivity index is 0.000000200. The number of halogens is 4. The Morgan fingerprint density at radius 3 is 1.60 bits per heavy atom. The van der Waals surface area contributed by atoms with E-state index >= 15 is 0 Å². The van der Waals surface area contributed by atoms with Crippen LogP contribution in [0.15, 0.2) is 48.5 Å². The fourth-order valence-corrected chi connectivity index (χ4v) is 2.63. The minimum absolute atomic E-state index is 0.353. The summed E-state index contributed by atoms with van der Waals surface area (Å²) in [7, 11) is 0. The Bertz CT molecular complexity index is 574. The van der Waals surface area contributed by atoms with Crippen molar-refractivity contribution in [2.24, 2.45) is 0 Å². The molecule has 2 aromatic rings. The van der Waals surface area contributed by atoms with Gasteiger partial charge >= 0.3 is 0 Å². The van der Waals surface area contributed by atoms with E-state index in [0.29, 0.717) is 16.1 Å². The van der Waals surface area contributed by atoms with Crippen molar-refractivity contribution in [3.8, 4) is 0 Å². The molecular formula is C14H8Cl3IO2. The number of carbonyl (C=O) groups is 2. The highest BCUT2D eigenvalue weighted by Crippen LogP contribution is 2.16. The molecule has 0 saturated heterocycles. The summed E-state index contributed by atoms with van der Waals surface area (Å²) in [6, 6.07) is 13.9. The maximum Gasteiger partial charge on any atom is 0.253 e. The van der Waals surface area contributed by atoms with Crippen molar-refractivity contribution < 1.29 is 9.59 Å². The van der Waals surface area contributed by atoms with Gasteiger partial charge in [0.15, 0.2) is 0 Å². The molecule has 6 heteroatoms. The smallest absolute Gasteiger partial charge is 0.253 e. The van der Waals surface area contributed by atoms with Crippen LogP contribution in [0.5, 0.6) is 0 Å². The molecule has 0 aliphatic heterocycles. The Morgan fingerprint density at radius 2 is 1.25 bits per heavy atom. The highest BCUT2D eigenvalue weighted by molar-refractivity contribution is 14.1. The average Bonchev–Trinajstić information content (AvgIpc) is 2.40. The number of benzene rings is 2. The van der Waals surface area contributed by atoms with Crippen LogP contribution in [0.4, 0.5) is 0 Å². The normalized spacial score (nSPS) is 9.40. The van der Waals surface area contributed by atoms with Gasteiger partial charge in [0.1, 0.15) is 0 Å². The molecule has 0 saturated carbocycles. The van der Waals surface area contributed by atoms with E-state index in [9.17, 15) is 9.59 Å². The summed E-state index contributed by atoms with van der Waals surface area (Å²) in [5.41, 5.74) is 0.926. The van der Waals surface area contributed by atoms with Gasteiger partial charge in [0.2, 0.25) is 0 Å². The van der Waals surface area contributed by atoms with Gasteiger partial charge in [-0.3, -0.25) is 9.59 Å². The van der Waals surface area contributed by atoms with Crippen LogP contribution in [0.1, 0.15) is 20.7 Å². The predicted octanol–water partition coefficient (Wildman–Crippen LogP) is 5.39. The van der Waals surface area contributed by atoms with Crippen LogP contribution in [-0.4, -0.2) is 10.5 Å². The molecule has 0 aromatic heterocycles. The average molecular weight is 441 g/mol. The molecule has 0 amide bonds. The summed E-state index contributed by atoms with van der Waals surface area (Å²) in [4.78, 5) is 21.2. The predicted molar refractivity (Wildman–Crippen MR) is 91.0 cm³/mol. The van der Waals surface area contributed by atoms with E-state index in [1.807, 2.05) is 12.1 Å². The highest BCUT2D eigenvalue weighted by atomic mass is 127. The van der Waals surface area contributed by atoms with Gasteiger partial charge in [-0.1, -0.05) is 35.9 Å². The number of rotatable bonds is 2. The molecule has 20 heavy (non-hydrogen) atoms. The first kappa shape index (κ1) is 17.4. The highest BCUT2D eigenvalue weighted by Gasteiger charge is 2.04. The number of hydrogen-bond acceptors (Lipinski definition) is 2. The monoisotopic (exact) mass is 440 g/mol. The molecule has 104 valence electrons. The van der Waals surface area contributed by atoms with E-state index in [4.69, 9.17) is 34.8 Å². The van der Waals surface area contributed by atoms with E-state index in [-0.39, 0.29) is 0 Å². The number of carbonyl (C=O) groups excluding carboxylic acids is 2. The molecule has 0 atom stereocenters. The van der Waals surface area contributed by atoms with Crippen molar-refractivity contribution in [1.29, 1.82) is 0 Å². The van der Waals surface area contributed by atoms with Crippen LogP contribution in [0.25, 0.3) is 0 Å². The molecule has 2 rings (SSSR count). The van der Waals surface area contributed by atoms with E-state index in [0.717, 1.165) is 3.57 Å². The zero-order valence-electron chi connectivity index (χ0n) is 9.95. The SMILES string of the molecule is O=C(Cl)c1ccccc1Cl.O=C(Cl)c1ccccc1I. The lowest BCUT2D eigenvalue weighted by Crippen LogP contribution is -1.90. The van der Waals surface area contributed by atoms with Crippen molar-refractivity contribution in [2.45, 2.75) is 0 Å². The van der Waals surface area contributed by atoms with Crippen LogP contribution in [0.3, 0.4) is 0 Å². The molecule has 0 fully saturated rings. The summed E-state index contributed by atoms with van der Waals surface area (Å²) in [5.74, 6) is 0. The molecule has 0 aliphatic rings. The fourth-order valence-electron chi connectivity index (χ4n) is 1.24. The molecule has 0 heterocycles. The molecule has 2 aromatic carbocycles. The molecule has 0 N–H and O–H groups in total. The van der Waals surface area contributed by atoms with Crippen LogP contribution in [0.2, 0.25) is 5.02 Å². The first-order valence-corrected chi connectivity index (χ1v) is 7.53. The molecule has 0 bridgehead atoms. The maximum atomic E-state index is 10.6. The second-order valence-electron chi connectivity index (χ2n) is 3.51. The lowest BCUT2D eigenvalue weighted by atomic mass is 10.2. The largest absolute Gasteiger partial charge is 0.276 e. The van der Waals surface area contributed by atoms with Crippen molar-refractivity contribution in [3.05, 3.63) is 68.3 Å². The lowest BCUT2D eigenvalue weighted by molar-refractivity contribution is 0.107. The minimum Gasteiger partial charge on any atom is -0.276 e. The van der Waals surface area contributed by atoms with E-state index in [1.54, 1.807) is 36.4 Å². The van der Waals surface area contributed by atoms with Gasteiger partial charge in [-0.25, -0.2) is 0 Å². The summed E-state index contributed by atoms with van der Waals surface area (Å²) < 4.78 is 0.889. The minimum atomic E-state index is -0.523. The molecule has 2 nitrogen and oxygen atoms in total. The second-order valence-corrected chi connectivity index (χ2v) is 5.76. The van der Waals surface area contributed by atoms with Crippen molar-refractivity contribution in [3.63, 3.8) is 0 Å². The quantitative estimate of drug-likeness (QED) is 0.463. The first-order chi connectivity index (χ1) is 9.43. The van der Waals surface area contributed by atoms with Gasteiger partial charge in [-0.2, -0.15) is 0 Å². The molecule has 0 radical (unpaired) electrons.